The van der Waals surface area contributed by atoms with Gasteiger partial charge < -0.3 is 15.2 Å². The predicted molar refractivity (Wildman–Crippen MR) is 105 cm³/mol. The fourth-order valence-corrected chi connectivity index (χ4v) is 4.76. The summed E-state index contributed by atoms with van der Waals surface area (Å²) in [4.78, 5) is 13.0. The van der Waals surface area contributed by atoms with Gasteiger partial charge in [0.1, 0.15) is 17.0 Å². The maximum absolute atomic E-state index is 6.23. The van der Waals surface area contributed by atoms with Crippen molar-refractivity contribution in [3.63, 3.8) is 0 Å². The van der Waals surface area contributed by atoms with Crippen molar-refractivity contribution in [3.05, 3.63) is 24.2 Å². The molecule has 1 saturated heterocycles. The molecule has 5 rings (SSSR count). The third-order valence-electron chi connectivity index (χ3n) is 5.18. The molecule has 0 saturated carbocycles. The van der Waals surface area contributed by atoms with Crippen LogP contribution in [0.3, 0.4) is 0 Å². The Morgan fingerprint density at radius 1 is 1.31 bits per heavy atom. The number of nitrogen functional groups attached to an aromatic ring is 1. The van der Waals surface area contributed by atoms with E-state index < -0.39 is 0 Å². The van der Waals surface area contributed by atoms with Gasteiger partial charge in [0.2, 0.25) is 0 Å². The zero-order valence-corrected chi connectivity index (χ0v) is 15.5. The number of rotatable bonds is 5. The van der Waals surface area contributed by atoms with Crippen LogP contribution >= 0.6 is 11.3 Å². The molecule has 0 radical (unpaired) electrons. The Hall–Kier alpha value is -2.45. The van der Waals surface area contributed by atoms with Gasteiger partial charge in [0.05, 0.1) is 20.6 Å². The molecule has 1 aliphatic heterocycles. The number of likely N-dealkylation sites (tertiary alicyclic amines) is 1. The van der Waals surface area contributed by atoms with Crippen LogP contribution in [0.4, 0.5) is 5.82 Å². The second-order valence-electron chi connectivity index (χ2n) is 6.86. The molecule has 0 aromatic carbocycles. The smallest absolute Gasteiger partial charge is 0.152 e. The zero-order valence-electron chi connectivity index (χ0n) is 14.7. The topological polar surface area (TPSA) is 88.6 Å². The van der Waals surface area contributed by atoms with Gasteiger partial charge in [0.25, 0.3) is 0 Å². The van der Waals surface area contributed by atoms with Gasteiger partial charge in [-0.2, -0.15) is 5.10 Å². The molecule has 1 fully saturated rings. The number of hydrogen-bond acceptors (Lipinski definition) is 6. The Balaban J connectivity index is 1.55. The number of aromatic amines is 1. The molecule has 7 nitrogen and oxygen atoms in total. The van der Waals surface area contributed by atoms with Gasteiger partial charge in [-0.3, -0.25) is 5.10 Å². The first kappa shape index (κ1) is 15.8. The van der Waals surface area contributed by atoms with E-state index in [9.17, 15) is 0 Å². The first-order valence-electron chi connectivity index (χ1n) is 8.97. The van der Waals surface area contributed by atoms with Gasteiger partial charge >= 0.3 is 0 Å². The Bertz CT molecular complexity index is 1070. The molecule has 0 atom stereocenters. The van der Waals surface area contributed by atoms with Gasteiger partial charge in [-0.25, -0.2) is 9.97 Å². The molecular weight excluding hydrogens is 346 g/mol. The minimum atomic E-state index is 0.503. The SMILES string of the molecule is Cn1c(CCCN2CCC2)nc2c(N)nc3cc(-c4cc[nH]n4)sc3c21. The molecule has 0 amide bonds. The third kappa shape index (κ3) is 2.48. The molecule has 5 heterocycles. The number of nitrogens with zero attached hydrogens (tertiary/aromatic N) is 5. The van der Waals surface area contributed by atoms with Crippen LogP contribution in [0.2, 0.25) is 0 Å². The highest BCUT2D eigenvalue weighted by molar-refractivity contribution is 7.23. The Morgan fingerprint density at radius 2 is 2.19 bits per heavy atom. The summed E-state index contributed by atoms with van der Waals surface area (Å²) < 4.78 is 3.31. The van der Waals surface area contributed by atoms with Gasteiger partial charge in [0.15, 0.2) is 5.82 Å². The number of aryl methyl sites for hydroxylation is 2. The number of nitrogens with two attached hydrogens (primary N) is 1. The number of H-pyrrole nitrogens is 1. The zero-order chi connectivity index (χ0) is 17.7. The molecule has 134 valence electrons. The summed E-state index contributed by atoms with van der Waals surface area (Å²) in [5, 5.41) is 7.15. The van der Waals surface area contributed by atoms with E-state index in [0.717, 1.165) is 57.0 Å². The molecule has 1 aliphatic rings. The van der Waals surface area contributed by atoms with Gasteiger partial charge in [-0.15, -0.1) is 11.3 Å². The minimum Gasteiger partial charge on any atom is -0.382 e. The lowest BCUT2D eigenvalue weighted by Gasteiger charge is -2.30. The van der Waals surface area contributed by atoms with Crippen molar-refractivity contribution in [1.29, 1.82) is 0 Å². The fraction of sp³-hybridized carbons (Fsp3) is 0.389. The predicted octanol–water partition coefficient (Wildman–Crippen LogP) is 2.79. The van der Waals surface area contributed by atoms with E-state index in [2.05, 4.69) is 37.8 Å². The molecule has 4 aromatic rings. The van der Waals surface area contributed by atoms with Crippen LogP contribution < -0.4 is 5.73 Å². The summed E-state index contributed by atoms with van der Waals surface area (Å²) in [5.74, 6) is 1.58. The maximum atomic E-state index is 6.23. The van der Waals surface area contributed by atoms with Crippen LogP contribution in [0, 0.1) is 0 Å². The van der Waals surface area contributed by atoms with Crippen LogP contribution in [-0.4, -0.2) is 49.3 Å². The van der Waals surface area contributed by atoms with Crippen LogP contribution in [0.1, 0.15) is 18.7 Å². The van der Waals surface area contributed by atoms with E-state index in [-0.39, 0.29) is 0 Å². The average molecular weight is 367 g/mol. The number of thiophene rings is 1. The fourth-order valence-electron chi connectivity index (χ4n) is 3.61. The number of pyridine rings is 1. The van der Waals surface area contributed by atoms with E-state index in [1.54, 1.807) is 11.3 Å². The van der Waals surface area contributed by atoms with Gasteiger partial charge in [0, 0.05) is 19.7 Å². The third-order valence-corrected chi connectivity index (χ3v) is 6.33. The number of fused-ring (bicyclic) bond motifs is 3. The van der Waals surface area contributed by atoms with Crippen molar-refractivity contribution in [1.82, 2.24) is 29.6 Å². The number of anilines is 1. The minimum absolute atomic E-state index is 0.503. The normalized spacial score (nSPS) is 15.1. The Labute approximate surface area is 154 Å². The second kappa shape index (κ2) is 6.07. The van der Waals surface area contributed by atoms with Crippen molar-refractivity contribution >= 4 is 38.4 Å². The van der Waals surface area contributed by atoms with E-state index >= 15 is 0 Å². The largest absolute Gasteiger partial charge is 0.382 e. The summed E-state index contributed by atoms with van der Waals surface area (Å²) in [7, 11) is 2.08. The molecule has 0 bridgehead atoms. The molecular formula is C18H21N7S. The molecule has 0 aliphatic carbocycles. The quantitative estimate of drug-likeness (QED) is 0.566. The molecule has 0 spiro atoms. The molecule has 4 aromatic heterocycles. The first-order valence-corrected chi connectivity index (χ1v) is 9.79. The standard InChI is InChI=1S/C18H21N7S/c1-24-14(4-2-7-25-8-3-9-25)22-15-16(24)17-12(21-18(15)19)10-13(26-17)11-5-6-20-23-11/h5-6,10H,2-4,7-9H2,1H3,(H2,19,21)(H,20,23). The Morgan fingerprint density at radius 3 is 2.92 bits per heavy atom. The van der Waals surface area contributed by atoms with E-state index in [4.69, 9.17) is 10.7 Å². The van der Waals surface area contributed by atoms with Crippen molar-refractivity contribution in [2.24, 2.45) is 7.05 Å². The highest BCUT2D eigenvalue weighted by atomic mass is 32.1. The van der Waals surface area contributed by atoms with E-state index in [0.29, 0.717) is 5.82 Å². The number of hydrogen-bond donors (Lipinski definition) is 2. The lowest BCUT2D eigenvalue weighted by molar-refractivity contribution is 0.179. The summed E-state index contributed by atoms with van der Waals surface area (Å²) >= 11 is 1.69. The summed E-state index contributed by atoms with van der Waals surface area (Å²) in [6.07, 6.45) is 5.25. The maximum Gasteiger partial charge on any atom is 0.152 e. The highest BCUT2D eigenvalue weighted by Gasteiger charge is 2.19. The number of nitrogens with one attached hydrogen (secondary N) is 1. The molecule has 0 unspecified atom stereocenters. The molecule has 8 heteroatoms. The highest BCUT2D eigenvalue weighted by Crippen LogP contribution is 2.37. The second-order valence-corrected chi connectivity index (χ2v) is 7.92. The van der Waals surface area contributed by atoms with Crippen molar-refractivity contribution < 1.29 is 0 Å². The van der Waals surface area contributed by atoms with Gasteiger partial charge in [-0.1, -0.05) is 0 Å². The van der Waals surface area contributed by atoms with Crippen molar-refractivity contribution in [2.75, 3.05) is 25.4 Å². The van der Waals surface area contributed by atoms with E-state index in [1.807, 2.05) is 12.3 Å². The van der Waals surface area contributed by atoms with Crippen LogP contribution in [0.25, 0.3) is 31.8 Å². The van der Waals surface area contributed by atoms with Crippen LogP contribution in [-0.2, 0) is 13.5 Å². The lowest BCUT2D eigenvalue weighted by Crippen LogP contribution is -2.37. The van der Waals surface area contributed by atoms with Crippen LogP contribution in [0.5, 0.6) is 0 Å². The first-order chi connectivity index (χ1) is 12.7. The monoisotopic (exact) mass is 367 g/mol. The van der Waals surface area contributed by atoms with Crippen molar-refractivity contribution in [2.45, 2.75) is 19.3 Å². The number of imidazole rings is 1. The van der Waals surface area contributed by atoms with Crippen molar-refractivity contribution in [3.8, 4) is 10.6 Å². The average Bonchev–Trinajstić information content (AvgIpc) is 3.29. The summed E-state index contributed by atoms with van der Waals surface area (Å²) in [6.45, 7) is 3.63. The number of aromatic nitrogens is 5. The summed E-state index contributed by atoms with van der Waals surface area (Å²) in [6, 6.07) is 4.03. The van der Waals surface area contributed by atoms with Gasteiger partial charge in [-0.05, 0) is 44.6 Å². The van der Waals surface area contributed by atoms with Crippen LogP contribution in [0.15, 0.2) is 18.3 Å². The Kier molecular flexibility index (Phi) is 3.68. The summed E-state index contributed by atoms with van der Waals surface area (Å²) in [5.41, 5.74) is 9.96. The molecule has 3 N–H and O–H groups in total. The van der Waals surface area contributed by atoms with E-state index in [1.165, 1.54) is 19.5 Å². The lowest BCUT2D eigenvalue weighted by atomic mass is 10.2. The molecule has 26 heavy (non-hydrogen) atoms.